The van der Waals surface area contributed by atoms with Gasteiger partial charge in [0.1, 0.15) is 6.33 Å². The fourth-order valence-corrected chi connectivity index (χ4v) is 1.30. The topological polar surface area (TPSA) is 93.0 Å². The van der Waals surface area contributed by atoms with Crippen molar-refractivity contribution in [2.45, 2.75) is 4.90 Å². The number of rotatable bonds is 1. The molecule has 0 saturated heterocycles. The van der Waals surface area contributed by atoms with E-state index in [4.69, 9.17) is 4.55 Å². The van der Waals surface area contributed by atoms with Crippen LogP contribution in [0.4, 0.5) is 0 Å². The molecule has 0 amide bonds. The van der Waals surface area contributed by atoms with Gasteiger partial charge in [0, 0.05) is 6.20 Å². The molecule has 84 valence electrons. The summed E-state index contributed by atoms with van der Waals surface area (Å²) >= 11 is 0. The zero-order valence-corrected chi connectivity index (χ0v) is 8.95. The van der Waals surface area contributed by atoms with E-state index in [-0.39, 0.29) is 4.90 Å². The summed E-state index contributed by atoms with van der Waals surface area (Å²) < 4.78 is 29.2. The van der Waals surface area contributed by atoms with Crippen LogP contribution in [0.3, 0.4) is 0 Å². The first-order chi connectivity index (χ1) is 7.61. The van der Waals surface area contributed by atoms with Gasteiger partial charge in [-0.1, -0.05) is 18.2 Å². The van der Waals surface area contributed by atoms with Gasteiger partial charge in [-0.2, -0.15) is 13.5 Å². The lowest BCUT2D eigenvalue weighted by atomic mass is 10.4. The molecule has 1 N–H and O–H groups in total. The Bertz CT molecular complexity index is 475. The van der Waals surface area contributed by atoms with E-state index >= 15 is 0 Å². The minimum atomic E-state index is -4.00. The van der Waals surface area contributed by atoms with Crippen LogP contribution in [-0.4, -0.2) is 28.2 Å². The number of hydrogen-bond donors (Lipinski definition) is 1. The summed E-state index contributed by atoms with van der Waals surface area (Å²) in [4.78, 5) is 3.54. The van der Waals surface area contributed by atoms with Crippen LogP contribution in [0.1, 0.15) is 0 Å². The Hall–Kier alpha value is -1.86. The summed E-state index contributed by atoms with van der Waals surface area (Å²) in [6, 6.07) is 7.42. The Labute approximate surface area is 92.8 Å². The predicted octanol–water partition coefficient (Wildman–Crippen LogP) is 0.805. The van der Waals surface area contributed by atoms with E-state index in [1.54, 1.807) is 24.4 Å². The predicted molar refractivity (Wildman–Crippen MR) is 56.1 cm³/mol. The maximum Gasteiger partial charge on any atom is 0.294 e. The van der Waals surface area contributed by atoms with Crippen LogP contribution in [0.2, 0.25) is 0 Å². The van der Waals surface area contributed by atoms with E-state index < -0.39 is 10.1 Å². The highest BCUT2D eigenvalue weighted by molar-refractivity contribution is 7.85. The molecule has 0 fully saturated rings. The van der Waals surface area contributed by atoms with E-state index in [1.165, 1.54) is 24.7 Å². The molecular weight excluding hydrogens is 230 g/mol. The summed E-state index contributed by atoms with van der Waals surface area (Å²) in [5, 5.41) is 6.90. The van der Waals surface area contributed by atoms with Gasteiger partial charge >= 0.3 is 0 Å². The quantitative estimate of drug-likeness (QED) is 0.740. The second-order valence-electron chi connectivity index (χ2n) is 2.58. The fraction of sp³-hybridized carbons (Fsp3) is 0. The van der Waals surface area contributed by atoms with Gasteiger partial charge in [0.25, 0.3) is 10.1 Å². The summed E-state index contributed by atoms with van der Waals surface area (Å²) in [5.74, 6) is 0. The minimum Gasteiger partial charge on any atom is -0.282 e. The molecule has 0 aliphatic carbocycles. The normalized spacial score (nSPS) is 10.1. The van der Waals surface area contributed by atoms with Gasteiger partial charge in [0.05, 0.1) is 11.1 Å². The largest absolute Gasteiger partial charge is 0.294 e. The molecule has 0 saturated carbocycles. The van der Waals surface area contributed by atoms with Crippen LogP contribution in [-0.2, 0) is 10.1 Å². The molecule has 0 radical (unpaired) electrons. The second-order valence-corrected chi connectivity index (χ2v) is 4.00. The molecule has 0 spiro atoms. The molecule has 2 aromatic rings. The van der Waals surface area contributed by atoms with E-state index in [0.29, 0.717) is 0 Å². The van der Waals surface area contributed by atoms with Crippen molar-refractivity contribution in [3.05, 3.63) is 49.1 Å². The maximum atomic E-state index is 10.4. The summed E-state index contributed by atoms with van der Waals surface area (Å²) in [6.07, 6.45) is 4.49. The maximum absolute atomic E-state index is 10.4. The van der Waals surface area contributed by atoms with Gasteiger partial charge in [-0.25, -0.2) is 4.98 Å². The first kappa shape index (κ1) is 12.2. The molecule has 16 heavy (non-hydrogen) atoms. The van der Waals surface area contributed by atoms with Crippen molar-refractivity contribution >= 4 is 10.1 Å². The zero-order chi connectivity index (χ0) is 11.9. The molecule has 1 aromatic carbocycles. The molecule has 1 aromatic heterocycles. The average molecular weight is 239 g/mol. The lowest BCUT2D eigenvalue weighted by Crippen LogP contribution is -1.96. The Balaban J connectivity index is 0.000000181. The lowest BCUT2D eigenvalue weighted by Gasteiger charge is -1.92. The molecule has 0 aliphatic rings. The third-order valence-corrected chi connectivity index (χ3v) is 2.31. The van der Waals surface area contributed by atoms with Crippen LogP contribution < -0.4 is 0 Å². The molecular formula is C9H9N3O3S. The number of aromatic nitrogens is 3. The fourth-order valence-electron chi connectivity index (χ4n) is 0.797. The Morgan fingerprint density at radius 3 is 1.94 bits per heavy atom. The number of nitrogens with zero attached hydrogens (tertiary/aromatic N) is 3. The smallest absolute Gasteiger partial charge is 0.282 e. The van der Waals surface area contributed by atoms with E-state index in [0.717, 1.165) is 0 Å². The van der Waals surface area contributed by atoms with Crippen molar-refractivity contribution in [3.8, 4) is 0 Å². The van der Waals surface area contributed by atoms with Crippen molar-refractivity contribution in [1.82, 2.24) is 15.2 Å². The number of benzene rings is 1. The van der Waals surface area contributed by atoms with Crippen molar-refractivity contribution in [1.29, 1.82) is 0 Å². The van der Waals surface area contributed by atoms with Crippen LogP contribution in [0.15, 0.2) is 53.9 Å². The van der Waals surface area contributed by atoms with Gasteiger partial charge in [-0.15, -0.1) is 5.10 Å². The van der Waals surface area contributed by atoms with Gasteiger partial charge < -0.3 is 0 Å². The monoisotopic (exact) mass is 239 g/mol. The minimum absolute atomic E-state index is 0.0741. The SMILES string of the molecule is O=S(=O)(O)c1ccccc1.c1cnncn1. The standard InChI is InChI=1S/C6H6O3S.C3H3N3/c7-10(8,9)6-4-2-1-3-5-6;1-2-5-6-3-4-1/h1-5H,(H,7,8,9);1-3H. The van der Waals surface area contributed by atoms with Crippen LogP contribution in [0.5, 0.6) is 0 Å². The zero-order valence-electron chi connectivity index (χ0n) is 8.13. The molecule has 1 heterocycles. The summed E-state index contributed by atoms with van der Waals surface area (Å²) in [6.45, 7) is 0. The van der Waals surface area contributed by atoms with Gasteiger partial charge in [0.2, 0.25) is 0 Å². The first-order valence-electron chi connectivity index (χ1n) is 4.20. The highest BCUT2D eigenvalue weighted by Gasteiger charge is 2.05. The summed E-state index contributed by atoms with van der Waals surface area (Å²) in [5.41, 5.74) is 0. The van der Waals surface area contributed by atoms with Gasteiger partial charge in [0.15, 0.2) is 0 Å². The molecule has 0 atom stereocenters. The van der Waals surface area contributed by atoms with E-state index in [1.807, 2.05) is 0 Å². The van der Waals surface area contributed by atoms with Gasteiger partial charge in [-0.05, 0) is 12.1 Å². The Morgan fingerprint density at radius 2 is 1.69 bits per heavy atom. The molecule has 0 aliphatic heterocycles. The molecule has 7 heteroatoms. The Kier molecular flexibility index (Phi) is 4.49. The van der Waals surface area contributed by atoms with Crippen LogP contribution in [0.25, 0.3) is 0 Å². The Morgan fingerprint density at radius 1 is 1.00 bits per heavy atom. The molecule has 6 nitrogen and oxygen atoms in total. The molecule has 2 rings (SSSR count). The van der Waals surface area contributed by atoms with Crippen molar-refractivity contribution < 1.29 is 13.0 Å². The van der Waals surface area contributed by atoms with Crippen molar-refractivity contribution in [2.24, 2.45) is 0 Å². The highest BCUT2D eigenvalue weighted by Crippen LogP contribution is 2.05. The first-order valence-corrected chi connectivity index (χ1v) is 5.64. The average Bonchev–Trinajstić information content (AvgIpc) is 2.32. The van der Waals surface area contributed by atoms with Crippen molar-refractivity contribution in [2.75, 3.05) is 0 Å². The van der Waals surface area contributed by atoms with E-state index in [9.17, 15) is 8.42 Å². The third kappa shape index (κ3) is 4.58. The highest BCUT2D eigenvalue weighted by atomic mass is 32.2. The van der Waals surface area contributed by atoms with Crippen molar-refractivity contribution in [3.63, 3.8) is 0 Å². The molecule has 0 bridgehead atoms. The van der Waals surface area contributed by atoms with E-state index in [2.05, 4.69) is 15.2 Å². The van der Waals surface area contributed by atoms with Crippen LogP contribution in [0, 0.1) is 0 Å². The third-order valence-electron chi connectivity index (χ3n) is 1.45. The van der Waals surface area contributed by atoms with Crippen LogP contribution >= 0.6 is 0 Å². The number of hydrogen-bond acceptors (Lipinski definition) is 5. The second kappa shape index (κ2) is 5.89. The lowest BCUT2D eigenvalue weighted by molar-refractivity contribution is 0.483. The summed E-state index contributed by atoms with van der Waals surface area (Å²) in [7, 11) is -4.00. The molecule has 0 unspecified atom stereocenters. The van der Waals surface area contributed by atoms with Gasteiger partial charge in [-0.3, -0.25) is 4.55 Å².